The molecule has 1 heterocycles. The van der Waals surface area contributed by atoms with Crippen LogP contribution in [-0.4, -0.2) is 22.5 Å². The lowest BCUT2D eigenvalue weighted by atomic mass is 10.1. The van der Waals surface area contributed by atoms with Gasteiger partial charge in [0.2, 0.25) is 5.56 Å². The lowest BCUT2D eigenvalue weighted by Crippen LogP contribution is -2.29. The fourth-order valence-corrected chi connectivity index (χ4v) is 2.42. The van der Waals surface area contributed by atoms with E-state index in [-0.39, 0.29) is 17.7 Å². The van der Waals surface area contributed by atoms with Crippen molar-refractivity contribution in [2.24, 2.45) is 0 Å². The summed E-state index contributed by atoms with van der Waals surface area (Å²) in [5.41, 5.74) is 0.351. The van der Waals surface area contributed by atoms with Crippen LogP contribution in [0.15, 0.2) is 41.3 Å². The Morgan fingerprint density at radius 1 is 1.24 bits per heavy atom. The third-order valence-corrected chi connectivity index (χ3v) is 3.49. The van der Waals surface area contributed by atoms with Gasteiger partial charge >= 0.3 is 0 Å². The van der Waals surface area contributed by atoms with Crippen molar-refractivity contribution in [2.45, 2.75) is 6.10 Å². The van der Waals surface area contributed by atoms with Crippen molar-refractivity contribution < 1.29 is 9.90 Å². The number of rotatable bonds is 4. The van der Waals surface area contributed by atoms with E-state index in [1.807, 2.05) is 0 Å². The van der Waals surface area contributed by atoms with Crippen LogP contribution >= 0.6 is 23.2 Å². The molecule has 7 heteroatoms. The second kappa shape index (κ2) is 6.76. The summed E-state index contributed by atoms with van der Waals surface area (Å²) < 4.78 is 0. The number of hydrogen-bond acceptors (Lipinski definition) is 3. The molecule has 0 saturated heterocycles. The van der Waals surface area contributed by atoms with Gasteiger partial charge in [0.05, 0.1) is 11.7 Å². The number of aliphatic hydroxyl groups is 1. The van der Waals surface area contributed by atoms with Gasteiger partial charge in [-0.2, -0.15) is 0 Å². The maximum atomic E-state index is 11.9. The molecule has 1 atom stereocenters. The highest BCUT2D eigenvalue weighted by Crippen LogP contribution is 2.29. The molecule has 2 rings (SSSR count). The third kappa shape index (κ3) is 3.85. The van der Waals surface area contributed by atoms with Crippen LogP contribution in [-0.2, 0) is 0 Å². The van der Waals surface area contributed by atoms with Crippen LogP contribution in [0.5, 0.6) is 0 Å². The number of carbonyl (C=O) groups is 1. The molecule has 0 aliphatic heterocycles. The van der Waals surface area contributed by atoms with E-state index in [1.165, 1.54) is 18.3 Å². The van der Waals surface area contributed by atoms with Crippen molar-refractivity contribution in [3.8, 4) is 0 Å². The smallest absolute Gasteiger partial charge is 0.252 e. The Bertz CT molecular complexity index is 675. The summed E-state index contributed by atoms with van der Waals surface area (Å²) in [5.74, 6) is -0.423. The van der Waals surface area contributed by atoms with Crippen LogP contribution in [0.1, 0.15) is 22.0 Å². The highest BCUT2D eigenvalue weighted by atomic mass is 35.5. The molecule has 1 aromatic heterocycles. The number of carbonyl (C=O) groups excluding carboxylic acids is 1. The summed E-state index contributed by atoms with van der Waals surface area (Å²) in [7, 11) is 0. The van der Waals surface area contributed by atoms with E-state index in [0.29, 0.717) is 15.6 Å². The monoisotopic (exact) mass is 326 g/mol. The van der Waals surface area contributed by atoms with Crippen molar-refractivity contribution in [3.05, 3.63) is 68.1 Å². The van der Waals surface area contributed by atoms with Gasteiger partial charge in [0.1, 0.15) is 0 Å². The van der Waals surface area contributed by atoms with Gasteiger partial charge in [0, 0.05) is 34.4 Å². The van der Waals surface area contributed by atoms with Crippen molar-refractivity contribution in [1.29, 1.82) is 0 Å². The standard InChI is InChI=1S/C14H12Cl2N2O3/c15-9-2-1-3-10(16)13(9)11(19)7-18-14(21)8-4-5-12(20)17-6-8/h1-6,11,19H,7H2,(H,17,20)(H,18,21). The Balaban J connectivity index is 2.04. The number of pyridine rings is 1. The molecule has 0 aliphatic rings. The lowest BCUT2D eigenvalue weighted by molar-refractivity contribution is 0.0916. The summed E-state index contributed by atoms with van der Waals surface area (Å²) in [4.78, 5) is 25.2. The summed E-state index contributed by atoms with van der Waals surface area (Å²) >= 11 is 12.0. The highest BCUT2D eigenvalue weighted by Gasteiger charge is 2.16. The van der Waals surface area contributed by atoms with E-state index >= 15 is 0 Å². The van der Waals surface area contributed by atoms with Gasteiger partial charge < -0.3 is 15.4 Å². The van der Waals surface area contributed by atoms with Crippen molar-refractivity contribution >= 4 is 29.1 Å². The number of aromatic amines is 1. The molecule has 0 bridgehead atoms. The minimum atomic E-state index is -1.03. The Hall–Kier alpha value is -1.82. The van der Waals surface area contributed by atoms with Gasteiger partial charge in [-0.3, -0.25) is 9.59 Å². The maximum Gasteiger partial charge on any atom is 0.252 e. The zero-order valence-electron chi connectivity index (χ0n) is 10.8. The van der Waals surface area contributed by atoms with Gasteiger partial charge in [-0.25, -0.2) is 0 Å². The molecule has 110 valence electrons. The second-order valence-corrected chi connectivity index (χ2v) is 5.12. The molecule has 1 amide bonds. The number of hydrogen-bond donors (Lipinski definition) is 3. The molecule has 0 aliphatic carbocycles. The lowest BCUT2D eigenvalue weighted by Gasteiger charge is -2.15. The van der Waals surface area contributed by atoms with Crippen LogP contribution in [0, 0.1) is 0 Å². The third-order valence-electron chi connectivity index (χ3n) is 2.84. The average molecular weight is 327 g/mol. The van der Waals surface area contributed by atoms with Crippen LogP contribution in [0.4, 0.5) is 0 Å². The molecule has 0 radical (unpaired) electrons. The Morgan fingerprint density at radius 3 is 2.48 bits per heavy atom. The molecule has 0 spiro atoms. The fourth-order valence-electron chi connectivity index (χ4n) is 1.77. The van der Waals surface area contributed by atoms with E-state index in [9.17, 15) is 14.7 Å². The van der Waals surface area contributed by atoms with E-state index in [1.54, 1.807) is 18.2 Å². The largest absolute Gasteiger partial charge is 0.386 e. The first-order chi connectivity index (χ1) is 9.99. The molecule has 21 heavy (non-hydrogen) atoms. The predicted octanol–water partition coefficient (Wildman–Crippen LogP) is 2.15. The van der Waals surface area contributed by atoms with Crippen LogP contribution < -0.4 is 10.9 Å². The Kier molecular flexibility index (Phi) is 5.01. The molecule has 1 aromatic carbocycles. The van der Waals surface area contributed by atoms with Crippen molar-refractivity contribution in [3.63, 3.8) is 0 Å². The Morgan fingerprint density at radius 2 is 1.90 bits per heavy atom. The predicted molar refractivity (Wildman–Crippen MR) is 80.8 cm³/mol. The zero-order valence-corrected chi connectivity index (χ0v) is 12.3. The quantitative estimate of drug-likeness (QED) is 0.805. The number of aromatic nitrogens is 1. The second-order valence-electron chi connectivity index (χ2n) is 4.30. The van der Waals surface area contributed by atoms with Gasteiger partial charge in [-0.1, -0.05) is 29.3 Å². The normalized spacial score (nSPS) is 12.0. The molecule has 5 nitrogen and oxygen atoms in total. The van der Waals surface area contributed by atoms with E-state index < -0.39 is 12.0 Å². The first-order valence-electron chi connectivity index (χ1n) is 6.08. The SMILES string of the molecule is O=C(NCC(O)c1c(Cl)cccc1Cl)c1ccc(=O)[nH]c1. The van der Waals surface area contributed by atoms with Gasteiger partial charge in [0.15, 0.2) is 0 Å². The molecular weight excluding hydrogens is 315 g/mol. The first-order valence-corrected chi connectivity index (χ1v) is 6.83. The van der Waals surface area contributed by atoms with E-state index in [2.05, 4.69) is 10.3 Å². The fraction of sp³-hybridized carbons (Fsp3) is 0.143. The first kappa shape index (κ1) is 15.6. The molecule has 3 N–H and O–H groups in total. The average Bonchev–Trinajstić information content (AvgIpc) is 2.45. The minimum absolute atomic E-state index is 0.0542. The van der Waals surface area contributed by atoms with Crippen LogP contribution in [0.25, 0.3) is 0 Å². The van der Waals surface area contributed by atoms with Crippen molar-refractivity contribution in [1.82, 2.24) is 10.3 Å². The summed E-state index contributed by atoms with van der Waals surface area (Å²) in [6, 6.07) is 7.52. The maximum absolute atomic E-state index is 11.9. The number of nitrogens with one attached hydrogen (secondary N) is 2. The number of benzene rings is 1. The number of halogens is 2. The summed E-state index contributed by atoms with van der Waals surface area (Å²) in [6.07, 6.45) is 0.268. The Labute approximate surface area is 130 Å². The molecule has 2 aromatic rings. The number of aliphatic hydroxyl groups excluding tert-OH is 1. The van der Waals surface area contributed by atoms with Gasteiger partial charge in [-0.15, -0.1) is 0 Å². The van der Waals surface area contributed by atoms with Gasteiger partial charge in [-0.05, 0) is 18.2 Å². The van der Waals surface area contributed by atoms with Crippen LogP contribution in [0.3, 0.4) is 0 Å². The number of H-pyrrole nitrogens is 1. The molecule has 0 fully saturated rings. The van der Waals surface area contributed by atoms with Crippen molar-refractivity contribution in [2.75, 3.05) is 6.54 Å². The van der Waals surface area contributed by atoms with E-state index in [4.69, 9.17) is 23.2 Å². The van der Waals surface area contributed by atoms with Crippen LogP contribution in [0.2, 0.25) is 10.0 Å². The van der Waals surface area contributed by atoms with Gasteiger partial charge in [0.25, 0.3) is 5.91 Å². The minimum Gasteiger partial charge on any atom is -0.386 e. The molecule has 0 saturated carbocycles. The molecule has 1 unspecified atom stereocenters. The number of amides is 1. The van der Waals surface area contributed by atoms with E-state index in [0.717, 1.165) is 0 Å². The molecular formula is C14H12Cl2N2O3. The topological polar surface area (TPSA) is 82.2 Å². The highest BCUT2D eigenvalue weighted by molar-refractivity contribution is 6.36. The zero-order chi connectivity index (χ0) is 15.4. The summed E-state index contributed by atoms with van der Waals surface area (Å²) in [5, 5.41) is 13.3. The summed E-state index contributed by atoms with van der Waals surface area (Å²) in [6.45, 7) is -0.0542.